The van der Waals surface area contributed by atoms with Gasteiger partial charge in [0.05, 0.1) is 21.3 Å². The molecule has 162 valence electrons. The monoisotopic (exact) mass is 429 g/mol. The maximum Gasteiger partial charge on any atom is 0.342 e. The number of nitrogens with one attached hydrogen (secondary N) is 1. The average Bonchev–Trinajstić information content (AvgIpc) is 2.77. The van der Waals surface area contributed by atoms with Crippen LogP contribution in [0.25, 0.3) is 0 Å². The maximum atomic E-state index is 13.1. The van der Waals surface area contributed by atoms with Crippen molar-refractivity contribution in [1.82, 2.24) is 15.0 Å². The zero-order valence-electron chi connectivity index (χ0n) is 17.0. The number of carbonyl (C=O) groups is 1. The Hall–Kier alpha value is -4.15. The zero-order valence-corrected chi connectivity index (χ0v) is 17.0. The Bertz CT molecular complexity index is 1080. The molecular weight excluding hydrogens is 409 g/mol. The van der Waals surface area contributed by atoms with E-state index >= 15 is 0 Å². The summed E-state index contributed by atoms with van der Waals surface area (Å²) in [5, 5.41) is 2.88. The van der Waals surface area contributed by atoms with Crippen molar-refractivity contribution in [3.8, 4) is 17.2 Å². The molecule has 0 aliphatic carbocycles. The number of hydrogen-bond acceptors (Lipinski definition) is 10. The third-order valence-electron chi connectivity index (χ3n) is 4.06. The number of benzene rings is 2. The van der Waals surface area contributed by atoms with Crippen molar-refractivity contribution in [1.29, 1.82) is 0 Å². The minimum atomic E-state index is -0.690. The number of carbonyl (C=O) groups excluding carboxylic acids is 1. The van der Waals surface area contributed by atoms with Crippen molar-refractivity contribution in [2.75, 3.05) is 32.4 Å². The number of methoxy groups -OCH3 is 3. The zero-order chi connectivity index (χ0) is 22.4. The molecular formula is C20H20FN5O5. The van der Waals surface area contributed by atoms with Gasteiger partial charge >= 0.3 is 5.97 Å². The Morgan fingerprint density at radius 3 is 2.26 bits per heavy atom. The Morgan fingerprint density at radius 1 is 0.968 bits per heavy atom. The van der Waals surface area contributed by atoms with Crippen LogP contribution in [0.4, 0.5) is 22.0 Å². The number of aromatic nitrogens is 3. The van der Waals surface area contributed by atoms with Crippen molar-refractivity contribution in [2.24, 2.45) is 0 Å². The second-order valence-corrected chi connectivity index (χ2v) is 6.05. The Balaban J connectivity index is 1.75. The number of hydrogen-bond donors (Lipinski definition) is 2. The van der Waals surface area contributed by atoms with E-state index in [0.29, 0.717) is 17.2 Å². The van der Waals surface area contributed by atoms with Gasteiger partial charge in [0, 0.05) is 17.8 Å². The summed E-state index contributed by atoms with van der Waals surface area (Å²) in [4.78, 5) is 24.7. The number of nitrogens with two attached hydrogens (primary N) is 1. The van der Waals surface area contributed by atoms with Gasteiger partial charge in [0.25, 0.3) is 0 Å². The molecule has 3 N–H and O–H groups in total. The van der Waals surface area contributed by atoms with Crippen LogP contribution in [-0.4, -0.2) is 42.3 Å². The number of rotatable bonds is 8. The minimum Gasteiger partial charge on any atom is -0.496 e. The molecule has 1 aromatic heterocycles. The van der Waals surface area contributed by atoms with E-state index in [4.69, 9.17) is 24.7 Å². The lowest BCUT2D eigenvalue weighted by Gasteiger charge is -2.13. The number of esters is 1. The van der Waals surface area contributed by atoms with Crippen LogP contribution in [-0.2, 0) is 11.3 Å². The SMILES string of the molecule is COc1cc(OC)c(C(=O)OCc2nc(N)nc(Nc3ccc(F)cc3)n2)cc1OC. The molecule has 3 rings (SSSR count). The fourth-order valence-electron chi connectivity index (χ4n) is 2.62. The molecule has 10 nitrogen and oxygen atoms in total. The molecule has 0 unspecified atom stereocenters. The van der Waals surface area contributed by atoms with E-state index in [1.165, 1.54) is 57.7 Å². The van der Waals surface area contributed by atoms with Gasteiger partial charge in [0.15, 0.2) is 23.9 Å². The fraction of sp³-hybridized carbons (Fsp3) is 0.200. The van der Waals surface area contributed by atoms with E-state index in [1.54, 1.807) is 0 Å². The first-order valence-electron chi connectivity index (χ1n) is 8.93. The number of ether oxygens (including phenoxy) is 4. The van der Waals surface area contributed by atoms with Gasteiger partial charge in [0.2, 0.25) is 11.9 Å². The summed E-state index contributed by atoms with van der Waals surface area (Å²) in [6.07, 6.45) is 0. The normalized spacial score (nSPS) is 10.3. The Labute approximate surface area is 177 Å². The smallest absolute Gasteiger partial charge is 0.342 e. The van der Waals surface area contributed by atoms with Gasteiger partial charge in [-0.05, 0) is 24.3 Å². The highest BCUT2D eigenvalue weighted by Crippen LogP contribution is 2.35. The standard InChI is InChI=1S/C20H20FN5O5/c1-28-14-9-16(30-3)15(29-2)8-13(14)18(27)31-10-17-24-19(22)26-20(25-17)23-12-6-4-11(21)5-7-12/h4-9H,10H2,1-3H3,(H3,22,23,24,25,26). The molecule has 0 saturated carbocycles. The Kier molecular flexibility index (Phi) is 6.65. The average molecular weight is 429 g/mol. The number of halogens is 1. The van der Waals surface area contributed by atoms with Crippen LogP contribution in [0.2, 0.25) is 0 Å². The second kappa shape index (κ2) is 9.57. The van der Waals surface area contributed by atoms with Crippen LogP contribution in [0, 0.1) is 5.82 Å². The van der Waals surface area contributed by atoms with E-state index in [0.717, 1.165) is 0 Å². The van der Waals surface area contributed by atoms with Gasteiger partial charge < -0.3 is 30.0 Å². The first kappa shape index (κ1) is 21.6. The third-order valence-corrected chi connectivity index (χ3v) is 4.06. The summed E-state index contributed by atoms with van der Waals surface area (Å²) in [7, 11) is 4.33. The molecule has 0 amide bonds. The van der Waals surface area contributed by atoms with Crippen LogP contribution in [0.5, 0.6) is 17.2 Å². The van der Waals surface area contributed by atoms with Crippen LogP contribution in [0.3, 0.4) is 0 Å². The topological polar surface area (TPSA) is 131 Å². The van der Waals surface area contributed by atoms with E-state index in [9.17, 15) is 9.18 Å². The highest BCUT2D eigenvalue weighted by Gasteiger charge is 2.19. The highest BCUT2D eigenvalue weighted by molar-refractivity contribution is 5.93. The summed E-state index contributed by atoms with van der Waals surface area (Å²) in [6, 6.07) is 8.55. The number of nitrogens with zero attached hydrogens (tertiary/aromatic N) is 3. The fourth-order valence-corrected chi connectivity index (χ4v) is 2.62. The van der Waals surface area contributed by atoms with Gasteiger partial charge in [-0.1, -0.05) is 0 Å². The van der Waals surface area contributed by atoms with Gasteiger partial charge in [0.1, 0.15) is 17.1 Å². The molecule has 0 fully saturated rings. The molecule has 11 heteroatoms. The second-order valence-electron chi connectivity index (χ2n) is 6.05. The van der Waals surface area contributed by atoms with E-state index in [2.05, 4.69) is 20.3 Å². The molecule has 0 aliphatic heterocycles. The lowest BCUT2D eigenvalue weighted by atomic mass is 10.1. The van der Waals surface area contributed by atoms with Gasteiger partial charge in [-0.25, -0.2) is 9.18 Å². The van der Waals surface area contributed by atoms with Crippen molar-refractivity contribution >= 4 is 23.6 Å². The van der Waals surface area contributed by atoms with Crippen LogP contribution < -0.4 is 25.3 Å². The molecule has 0 bridgehead atoms. The highest BCUT2D eigenvalue weighted by atomic mass is 19.1. The van der Waals surface area contributed by atoms with E-state index in [1.807, 2.05) is 0 Å². The molecule has 31 heavy (non-hydrogen) atoms. The molecule has 0 aliphatic rings. The Morgan fingerprint density at radius 2 is 1.61 bits per heavy atom. The molecule has 0 atom stereocenters. The van der Waals surface area contributed by atoms with E-state index in [-0.39, 0.29) is 41.5 Å². The maximum absolute atomic E-state index is 13.1. The summed E-state index contributed by atoms with van der Waals surface area (Å²) in [5.74, 6) is 0.0800. The van der Waals surface area contributed by atoms with Crippen molar-refractivity contribution in [2.45, 2.75) is 6.61 Å². The predicted molar refractivity (Wildman–Crippen MR) is 109 cm³/mol. The van der Waals surface area contributed by atoms with E-state index < -0.39 is 5.97 Å². The van der Waals surface area contributed by atoms with Crippen molar-refractivity contribution < 1.29 is 28.1 Å². The summed E-state index contributed by atoms with van der Waals surface area (Å²) in [6.45, 7) is -0.277. The van der Waals surface area contributed by atoms with Crippen molar-refractivity contribution in [3.05, 3.63) is 53.6 Å². The van der Waals surface area contributed by atoms with Gasteiger partial charge in [-0.2, -0.15) is 15.0 Å². The van der Waals surface area contributed by atoms with Crippen LogP contribution >= 0.6 is 0 Å². The summed E-state index contributed by atoms with van der Waals surface area (Å²) >= 11 is 0. The molecule has 1 heterocycles. The first-order valence-corrected chi connectivity index (χ1v) is 8.93. The molecule has 0 saturated heterocycles. The van der Waals surface area contributed by atoms with Crippen molar-refractivity contribution in [3.63, 3.8) is 0 Å². The number of nitrogen functional groups attached to an aromatic ring is 1. The number of anilines is 3. The minimum absolute atomic E-state index is 0.0747. The van der Waals surface area contributed by atoms with Crippen LogP contribution in [0.15, 0.2) is 36.4 Å². The molecule has 2 aromatic carbocycles. The lowest BCUT2D eigenvalue weighted by molar-refractivity contribution is 0.0458. The molecule has 3 aromatic rings. The largest absolute Gasteiger partial charge is 0.496 e. The molecule has 0 radical (unpaired) electrons. The third kappa shape index (κ3) is 5.26. The van der Waals surface area contributed by atoms with Crippen LogP contribution in [0.1, 0.15) is 16.2 Å². The summed E-state index contributed by atoms with van der Waals surface area (Å²) < 4.78 is 34.0. The predicted octanol–water partition coefficient (Wildman–Crippen LogP) is 2.72. The first-order chi connectivity index (χ1) is 14.9. The van der Waals surface area contributed by atoms with Gasteiger partial charge in [-0.3, -0.25) is 0 Å². The van der Waals surface area contributed by atoms with Gasteiger partial charge in [-0.15, -0.1) is 0 Å². The lowest BCUT2D eigenvalue weighted by Crippen LogP contribution is -2.12. The summed E-state index contributed by atoms with van der Waals surface area (Å²) in [5.41, 5.74) is 6.39. The quantitative estimate of drug-likeness (QED) is 0.515. The molecule has 0 spiro atoms.